The van der Waals surface area contributed by atoms with Gasteiger partial charge in [0.2, 0.25) is 0 Å². The quantitative estimate of drug-likeness (QED) is 0.897. The summed E-state index contributed by atoms with van der Waals surface area (Å²) < 4.78 is 10.5. The van der Waals surface area contributed by atoms with E-state index in [1.54, 1.807) is 20.3 Å². The normalized spacial score (nSPS) is 18.0. The molecule has 1 N–H and O–H groups in total. The fourth-order valence-corrected chi connectivity index (χ4v) is 2.72. The molecule has 0 spiro atoms. The minimum absolute atomic E-state index is 0.533. The molecular formula is C16H22N2O3. The van der Waals surface area contributed by atoms with Crippen LogP contribution in [-0.2, 0) is 5.60 Å². The lowest BCUT2D eigenvalue weighted by atomic mass is 9.84. The van der Waals surface area contributed by atoms with Crippen molar-refractivity contribution in [3.8, 4) is 17.6 Å². The smallest absolute Gasteiger partial charge is 0.122 e. The first-order chi connectivity index (χ1) is 10.1. The van der Waals surface area contributed by atoms with Crippen LogP contribution in [-0.4, -0.2) is 43.9 Å². The van der Waals surface area contributed by atoms with Crippen molar-refractivity contribution in [1.82, 2.24) is 4.90 Å². The molecule has 2 rings (SSSR count). The molecule has 21 heavy (non-hydrogen) atoms. The molecule has 0 aliphatic carbocycles. The Labute approximate surface area is 125 Å². The molecule has 5 heteroatoms. The maximum Gasteiger partial charge on any atom is 0.122 e. The fraction of sp³-hybridized carbons (Fsp3) is 0.562. The zero-order valence-electron chi connectivity index (χ0n) is 12.6. The lowest BCUT2D eigenvalue weighted by Gasteiger charge is -2.38. The highest BCUT2D eigenvalue weighted by Crippen LogP contribution is 2.36. The van der Waals surface area contributed by atoms with E-state index < -0.39 is 5.60 Å². The number of ether oxygens (including phenoxy) is 2. The number of aliphatic hydroxyl groups is 1. The molecule has 0 aromatic heterocycles. The molecule has 0 saturated carbocycles. The number of rotatable bonds is 5. The van der Waals surface area contributed by atoms with Gasteiger partial charge in [-0.25, -0.2) is 0 Å². The number of nitriles is 1. The van der Waals surface area contributed by atoms with E-state index >= 15 is 0 Å². The monoisotopic (exact) mass is 290 g/mol. The van der Waals surface area contributed by atoms with Crippen molar-refractivity contribution >= 4 is 0 Å². The minimum Gasteiger partial charge on any atom is -0.497 e. The predicted octanol–water partition coefficient (Wildman–Crippen LogP) is 1.90. The van der Waals surface area contributed by atoms with Gasteiger partial charge >= 0.3 is 0 Å². The highest BCUT2D eigenvalue weighted by Gasteiger charge is 2.34. The SMILES string of the molecule is COc1cc(OC)cc(C2(O)CCN(CCC#N)CC2)c1. The Morgan fingerprint density at radius 3 is 2.24 bits per heavy atom. The Morgan fingerprint density at radius 2 is 1.76 bits per heavy atom. The Bertz CT molecular complexity index is 494. The van der Waals surface area contributed by atoms with Crippen molar-refractivity contribution in [2.75, 3.05) is 33.9 Å². The van der Waals surface area contributed by atoms with Crippen LogP contribution in [0.2, 0.25) is 0 Å². The van der Waals surface area contributed by atoms with Crippen LogP contribution in [0.4, 0.5) is 0 Å². The lowest BCUT2D eigenvalue weighted by Crippen LogP contribution is -2.42. The van der Waals surface area contributed by atoms with Crippen LogP contribution in [0, 0.1) is 11.3 Å². The van der Waals surface area contributed by atoms with Gasteiger partial charge < -0.3 is 19.5 Å². The Morgan fingerprint density at radius 1 is 1.19 bits per heavy atom. The zero-order valence-corrected chi connectivity index (χ0v) is 12.6. The second kappa shape index (κ2) is 6.79. The van der Waals surface area contributed by atoms with Gasteiger partial charge in [-0.15, -0.1) is 0 Å². The largest absolute Gasteiger partial charge is 0.497 e. The molecule has 1 aliphatic rings. The van der Waals surface area contributed by atoms with Crippen molar-refractivity contribution in [3.05, 3.63) is 23.8 Å². The summed E-state index contributed by atoms with van der Waals surface area (Å²) in [6.07, 6.45) is 1.83. The maximum atomic E-state index is 10.9. The molecule has 1 aromatic rings. The minimum atomic E-state index is -0.856. The number of benzene rings is 1. The number of hydrogen-bond donors (Lipinski definition) is 1. The average Bonchev–Trinajstić information content (AvgIpc) is 2.53. The van der Waals surface area contributed by atoms with Crippen LogP contribution < -0.4 is 9.47 Å². The van der Waals surface area contributed by atoms with E-state index in [9.17, 15) is 5.11 Å². The average molecular weight is 290 g/mol. The zero-order chi connectivity index (χ0) is 15.3. The van der Waals surface area contributed by atoms with Gasteiger partial charge in [-0.3, -0.25) is 0 Å². The summed E-state index contributed by atoms with van der Waals surface area (Å²) in [5.41, 5.74) is -0.0241. The molecule has 1 heterocycles. The molecule has 0 atom stereocenters. The van der Waals surface area contributed by atoms with E-state index in [2.05, 4.69) is 11.0 Å². The number of likely N-dealkylation sites (tertiary alicyclic amines) is 1. The first-order valence-corrected chi connectivity index (χ1v) is 7.16. The van der Waals surface area contributed by atoms with Gasteiger partial charge in [0.05, 0.1) is 25.9 Å². The van der Waals surface area contributed by atoms with Crippen molar-refractivity contribution in [2.24, 2.45) is 0 Å². The lowest BCUT2D eigenvalue weighted by molar-refractivity contribution is -0.0256. The molecule has 1 fully saturated rings. The summed E-state index contributed by atoms with van der Waals surface area (Å²) in [5, 5.41) is 19.6. The summed E-state index contributed by atoms with van der Waals surface area (Å²) in [4.78, 5) is 2.22. The van der Waals surface area contributed by atoms with Crippen LogP contribution in [0.5, 0.6) is 11.5 Å². The van der Waals surface area contributed by atoms with E-state index in [1.807, 2.05) is 12.1 Å². The molecule has 1 saturated heterocycles. The van der Waals surface area contributed by atoms with E-state index in [0.29, 0.717) is 30.8 Å². The standard InChI is InChI=1S/C16H22N2O3/c1-20-14-10-13(11-15(12-14)21-2)16(19)4-8-18(9-5-16)7-3-6-17/h10-12,19H,3-5,7-9H2,1-2H3. The van der Waals surface area contributed by atoms with Gasteiger partial charge in [-0.2, -0.15) is 5.26 Å². The summed E-state index contributed by atoms with van der Waals surface area (Å²) in [6, 6.07) is 7.70. The molecular weight excluding hydrogens is 268 g/mol. The van der Waals surface area contributed by atoms with Gasteiger partial charge in [0.1, 0.15) is 11.5 Å². The fourth-order valence-electron chi connectivity index (χ4n) is 2.72. The first-order valence-electron chi connectivity index (χ1n) is 7.16. The highest BCUT2D eigenvalue weighted by atomic mass is 16.5. The van der Waals surface area contributed by atoms with E-state index in [-0.39, 0.29) is 0 Å². The number of hydrogen-bond acceptors (Lipinski definition) is 5. The Kier molecular flexibility index (Phi) is 5.05. The van der Waals surface area contributed by atoms with Crippen LogP contribution >= 0.6 is 0 Å². The number of methoxy groups -OCH3 is 2. The third-order valence-corrected chi connectivity index (χ3v) is 4.11. The third kappa shape index (κ3) is 3.66. The predicted molar refractivity (Wildman–Crippen MR) is 79.3 cm³/mol. The molecule has 0 amide bonds. The van der Waals surface area contributed by atoms with Crippen molar-refractivity contribution in [1.29, 1.82) is 5.26 Å². The molecule has 1 aliphatic heterocycles. The second-order valence-electron chi connectivity index (χ2n) is 5.38. The summed E-state index contributed by atoms with van der Waals surface area (Å²) in [5.74, 6) is 1.37. The van der Waals surface area contributed by atoms with Crippen LogP contribution in [0.25, 0.3) is 0 Å². The van der Waals surface area contributed by atoms with Crippen molar-refractivity contribution < 1.29 is 14.6 Å². The number of nitrogens with zero attached hydrogens (tertiary/aromatic N) is 2. The molecule has 0 bridgehead atoms. The van der Waals surface area contributed by atoms with Gasteiger partial charge in [0, 0.05) is 32.1 Å². The van der Waals surface area contributed by atoms with Crippen LogP contribution in [0.3, 0.4) is 0 Å². The highest BCUT2D eigenvalue weighted by molar-refractivity contribution is 5.41. The van der Waals surface area contributed by atoms with Crippen molar-refractivity contribution in [3.63, 3.8) is 0 Å². The number of piperidine rings is 1. The Hall–Kier alpha value is -1.77. The molecule has 0 unspecified atom stereocenters. The topological polar surface area (TPSA) is 65.7 Å². The third-order valence-electron chi connectivity index (χ3n) is 4.11. The second-order valence-corrected chi connectivity index (χ2v) is 5.38. The summed E-state index contributed by atoms with van der Waals surface area (Å²) >= 11 is 0. The van der Waals surface area contributed by atoms with Gasteiger partial charge in [-0.1, -0.05) is 0 Å². The van der Waals surface area contributed by atoms with Gasteiger partial charge in [0.25, 0.3) is 0 Å². The first kappa shape index (κ1) is 15.6. The van der Waals surface area contributed by atoms with Crippen molar-refractivity contribution in [2.45, 2.75) is 24.9 Å². The van der Waals surface area contributed by atoms with Gasteiger partial charge in [-0.05, 0) is 30.5 Å². The van der Waals surface area contributed by atoms with Crippen LogP contribution in [0.15, 0.2) is 18.2 Å². The summed E-state index contributed by atoms with van der Waals surface area (Å²) in [7, 11) is 3.21. The summed E-state index contributed by atoms with van der Waals surface area (Å²) in [6.45, 7) is 2.35. The van der Waals surface area contributed by atoms with E-state index in [0.717, 1.165) is 25.2 Å². The Balaban J connectivity index is 2.13. The maximum absolute atomic E-state index is 10.9. The van der Waals surface area contributed by atoms with E-state index in [4.69, 9.17) is 14.7 Å². The molecule has 114 valence electrons. The van der Waals surface area contributed by atoms with Gasteiger partial charge in [0.15, 0.2) is 0 Å². The molecule has 1 aromatic carbocycles. The van der Waals surface area contributed by atoms with Crippen LogP contribution in [0.1, 0.15) is 24.8 Å². The van der Waals surface area contributed by atoms with E-state index in [1.165, 1.54) is 0 Å². The molecule has 5 nitrogen and oxygen atoms in total. The molecule has 0 radical (unpaired) electrons.